The van der Waals surface area contributed by atoms with Crippen molar-refractivity contribution in [1.82, 2.24) is 0 Å². The highest BCUT2D eigenvalue weighted by molar-refractivity contribution is 8.02. The van der Waals surface area contributed by atoms with Gasteiger partial charge in [0, 0.05) is 11.5 Å². The molecule has 0 aromatic rings. The second-order valence-corrected chi connectivity index (χ2v) is 5.00. The molecule has 1 aliphatic carbocycles. The molecule has 0 saturated heterocycles. The Morgan fingerprint density at radius 2 is 2.36 bits per heavy atom. The van der Waals surface area contributed by atoms with Gasteiger partial charge >= 0.3 is 0 Å². The molecule has 0 N–H and O–H groups in total. The Hall–Kier alpha value is -0.240. The van der Waals surface area contributed by atoms with E-state index < -0.39 is 0 Å². The first-order valence-corrected chi connectivity index (χ1v) is 6.65. The van der Waals surface area contributed by atoms with Gasteiger partial charge in [-0.1, -0.05) is 20.3 Å². The van der Waals surface area contributed by atoms with E-state index in [1.165, 1.54) is 19.3 Å². The number of Topliss-reactive ketones (excluding diaryl/α,β-unsaturated/α-hetero) is 1. The largest absolute Gasteiger partial charge is 0.294 e. The SMILES string of the molecule is CCCCS/C=C1\CCCC(C)C1=O. The average Bonchev–Trinajstić information content (AvgIpc) is 2.19. The summed E-state index contributed by atoms with van der Waals surface area (Å²) in [6.07, 6.45) is 5.75. The Morgan fingerprint density at radius 3 is 3.07 bits per heavy atom. The van der Waals surface area contributed by atoms with Crippen molar-refractivity contribution in [3.8, 4) is 0 Å². The molecule has 1 nitrogen and oxygen atoms in total. The van der Waals surface area contributed by atoms with Crippen LogP contribution < -0.4 is 0 Å². The molecule has 0 heterocycles. The van der Waals surface area contributed by atoms with E-state index in [9.17, 15) is 4.79 Å². The molecule has 80 valence electrons. The molecule has 0 bridgehead atoms. The monoisotopic (exact) mass is 212 g/mol. The van der Waals surface area contributed by atoms with Gasteiger partial charge in [0.2, 0.25) is 0 Å². The zero-order valence-corrected chi connectivity index (χ0v) is 10.0. The highest BCUT2D eigenvalue weighted by Gasteiger charge is 2.21. The van der Waals surface area contributed by atoms with Crippen LogP contribution in [0.5, 0.6) is 0 Å². The van der Waals surface area contributed by atoms with Crippen LogP contribution in [0.4, 0.5) is 0 Å². The first-order chi connectivity index (χ1) is 6.75. The molecule has 2 heteroatoms. The normalized spacial score (nSPS) is 25.7. The van der Waals surface area contributed by atoms with E-state index in [0.717, 1.165) is 24.2 Å². The minimum Gasteiger partial charge on any atom is -0.294 e. The van der Waals surface area contributed by atoms with Crippen LogP contribution in [0, 0.1) is 5.92 Å². The van der Waals surface area contributed by atoms with Gasteiger partial charge in [-0.25, -0.2) is 0 Å². The second kappa shape index (κ2) is 6.28. The quantitative estimate of drug-likeness (QED) is 0.521. The van der Waals surface area contributed by atoms with Gasteiger partial charge in [-0.05, 0) is 36.8 Å². The molecule has 1 unspecified atom stereocenters. The van der Waals surface area contributed by atoms with Crippen LogP contribution in [0.2, 0.25) is 0 Å². The predicted octanol–water partition coefficient (Wildman–Crippen LogP) is 3.79. The zero-order valence-electron chi connectivity index (χ0n) is 9.21. The molecule has 14 heavy (non-hydrogen) atoms. The Balaban J connectivity index is 2.37. The van der Waals surface area contributed by atoms with E-state index in [-0.39, 0.29) is 5.92 Å². The first-order valence-electron chi connectivity index (χ1n) is 5.60. The van der Waals surface area contributed by atoms with Crippen molar-refractivity contribution in [1.29, 1.82) is 0 Å². The number of ketones is 1. The number of allylic oxidation sites excluding steroid dienone is 1. The first kappa shape index (κ1) is 11.8. The second-order valence-electron chi connectivity index (χ2n) is 4.02. The van der Waals surface area contributed by atoms with Gasteiger partial charge < -0.3 is 0 Å². The molecule has 0 spiro atoms. The molecule has 0 aliphatic heterocycles. The minimum absolute atomic E-state index is 0.266. The van der Waals surface area contributed by atoms with Crippen LogP contribution >= 0.6 is 11.8 Å². The van der Waals surface area contributed by atoms with E-state index in [4.69, 9.17) is 0 Å². The maximum absolute atomic E-state index is 11.7. The summed E-state index contributed by atoms with van der Waals surface area (Å²) in [6.45, 7) is 4.24. The number of rotatable bonds is 4. The lowest BCUT2D eigenvalue weighted by atomic mass is 9.86. The van der Waals surface area contributed by atoms with Crippen molar-refractivity contribution < 1.29 is 4.79 Å². The molecule has 0 aromatic carbocycles. The third-order valence-electron chi connectivity index (χ3n) is 2.69. The highest BCUT2D eigenvalue weighted by Crippen LogP contribution is 2.26. The maximum atomic E-state index is 11.7. The Bertz CT molecular complexity index is 220. The molecule has 0 radical (unpaired) electrons. The van der Waals surface area contributed by atoms with Crippen molar-refractivity contribution in [2.45, 2.75) is 46.0 Å². The third-order valence-corrected chi connectivity index (χ3v) is 3.66. The average molecular weight is 212 g/mol. The maximum Gasteiger partial charge on any atom is 0.162 e. The van der Waals surface area contributed by atoms with Crippen LogP contribution in [0.1, 0.15) is 46.0 Å². The standard InChI is InChI=1S/C12H20OS/c1-3-4-8-14-9-11-7-5-6-10(2)12(11)13/h9-10H,3-8H2,1-2H3/b11-9+. The van der Waals surface area contributed by atoms with Gasteiger partial charge in [0.1, 0.15) is 0 Å². The lowest BCUT2D eigenvalue weighted by Gasteiger charge is -2.18. The molecular formula is C12H20OS. The van der Waals surface area contributed by atoms with Crippen molar-refractivity contribution >= 4 is 17.5 Å². The lowest BCUT2D eigenvalue weighted by Crippen LogP contribution is -2.18. The number of carbonyl (C=O) groups is 1. The Labute approximate surface area is 91.3 Å². The number of carbonyl (C=O) groups excluding carboxylic acids is 1. The fourth-order valence-corrected chi connectivity index (χ4v) is 2.68. The minimum atomic E-state index is 0.266. The molecule has 1 rings (SSSR count). The molecular weight excluding hydrogens is 192 g/mol. The lowest BCUT2D eigenvalue weighted by molar-refractivity contribution is -0.119. The number of thioether (sulfide) groups is 1. The van der Waals surface area contributed by atoms with Crippen LogP contribution in [0.15, 0.2) is 11.0 Å². The van der Waals surface area contributed by atoms with Crippen LogP contribution in [-0.2, 0) is 4.79 Å². The number of hydrogen-bond acceptors (Lipinski definition) is 2. The fraction of sp³-hybridized carbons (Fsp3) is 0.750. The number of unbranched alkanes of at least 4 members (excludes halogenated alkanes) is 1. The summed E-state index contributed by atoms with van der Waals surface area (Å²) < 4.78 is 0. The van der Waals surface area contributed by atoms with Gasteiger partial charge in [0.25, 0.3) is 0 Å². The number of hydrogen-bond donors (Lipinski definition) is 0. The van der Waals surface area contributed by atoms with Crippen LogP contribution in [0.25, 0.3) is 0 Å². The molecule has 1 saturated carbocycles. The molecule has 1 atom stereocenters. The van der Waals surface area contributed by atoms with E-state index >= 15 is 0 Å². The fourth-order valence-electron chi connectivity index (χ4n) is 1.67. The molecule has 0 amide bonds. The van der Waals surface area contributed by atoms with Crippen molar-refractivity contribution in [2.24, 2.45) is 5.92 Å². The summed E-state index contributed by atoms with van der Waals surface area (Å²) in [5, 5.41) is 2.10. The summed E-state index contributed by atoms with van der Waals surface area (Å²) in [7, 11) is 0. The van der Waals surface area contributed by atoms with E-state index in [1.807, 2.05) is 18.7 Å². The van der Waals surface area contributed by atoms with E-state index in [0.29, 0.717) is 5.78 Å². The van der Waals surface area contributed by atoms with Gasteiger partial charge in [-0.15, -0.1) is 11.8 Å². The summed E-state index contributed by atoms with van der Waals surface area (Å²) in [6, 6.07) is 0. The molecule has 0 aromatic heterocycles. The summed E-state index contributed by atoms with van der Waals surface area (Å²) in [5.41, 5.74) is 1.07. The van der Waals surface area contributed by atoms with Crippen molar-refractivity contribution in [3.63, 3.8) is 0 Å². The van der Waals surface area contributed by atoms with Gasteiger partial charge in [-0.3, -0.25) is 4.79 Å². The van der Waals surface area contributed by atoms with Gasteiger partial charge in [0.05, 0.1) is 0 Å². The summed E-state index contributed by atoms with van der Waals surface area (Å²) >= 11 is 1.81. The predicted molar refractivity (Wildman–Crippen MR) is 63.5 cm³/mol. The highest BCUT2D eigenvalue weighted by atomic mass is 32.2. The molecule has 1 fully saturated rings. The topological polar surface area (TPSA) is 17.1 Å². The van der Waals surface area contributed by atoms with Crippen LogP contribution in [0.3, 0.4) is 0 Å². The van der Waals surface area contributed by atoms with E-state index in [1.54, 1.807) is 0 Å². The van der Waals surface area contributed by atoms with Crippen molar-refractivity contribution in [2.75, 3.05) is 5.75 Å². The van der Waals surface area contributed by atoms with E-state index in [2.05, 4.69) is 12.3 Å². The zero-order chi connectivity index (χ0) is 10.4. The third kappa shape index (κ3) is 3.49. The Morgan fingerprint density at radius 1 is 1.57 bits per heavy atom. The Kier molecular flexibility index (Phi) is 5.31. The smallest absolute Gasteiger partial charge is 0.162 e. The van der Waals surface area contributed by atoms with Crippen LogP contribution in [-0.4, -0.2) is 11.5 Å². The molecule has 1 aliphatic rings. The van der Waals surface area contributed by atoms with Crippen molar-refractivity contribution in [3.05, 3.63) is 11.0 Å². The summed E-state index contributed by atoms with van der Waals surface area (Å²) in [5.74, 6) is 1.81. The van der Waals surface area contributed by atoms with Gasteiger partial charge in [0.15, 0.2) is 5.78 Å². The van der Waals surface area contributed by atoms with Gasteiger partial charge in [-0.2, -0.15) is 0 Å². The summed E-state index contributed by atoms with van der Waals surface area (Å²) in [4.78, 5) is 11.7.